The van der Waals surface area contributed by atoms with Crippen molar-refractivity contribution in [3.05, 3.63) is 114 Å². The zero-order valence-electron chi connectivity index (χ0n) is 18.3. The predicted molar refractivity (Wildman–Crippen MR) is 140 cm³/mol. The molecule has 170 valence electrons. The monoisotopic (exact) mass is 468 g/mol. The van der Waals surface area contributed by atoms with Gasteiger partial charge in [-0.05, 0) is 78.2 Å². The van der Waals surface area contributed by atoms with Gasteiger partial charge in [0.05, 0.1) is 6.42 Å². The van der Waals surface area contributed by atoms with Crippen LogP contribution in [-0.2, 0) is 11.2 Å². The van der Waals surface area contributed by atoms with Crippen LogP contribution in [0.4, 0.5) is 22.7 Å². The summed E-state index contributed by atoms with van der Waals surface area (Å²) >= 11 is 1.50. The van der Waals surface area contributed by atoms with Crippen molar-refractivity contribution in [1.29, 1.82) is 0 Å². The molecule has 0 radical (unpaired) electrons. The molecule has 0 aliphatic carbocycles. The van der Waals surface area contributed by atoms with Crippen molar-refractivity contribution in [3.63, 3.8) is 0 Å². The van der Waals surface area contributed by atoms with Crippen molar-refractivity contribution >= 4 is 46.5 Å². The molecule has 6 nitrogen and oxygen atoms in total. The first-order chi connectivity index (χ1) is 16.6. The number of nitrogen functional groups attached to an aromatic ring is 1. The Hall–Kier alpha value is -4.23. The number of carbonyl (C=O) groups excluding carboxylic acids is 2. The first kappa shape index (κ1) is 22.9. The summed E-state index contributed by atoms with van der Waals surface area (Å²) in [4.78, 5) is 26.2. The van der Waals surface area contributed by atoms with Crippen LogP contribution in [0.2, 0.25) is 0 Å². The maximum Gasteiger partial charge on any atom is 0.255 e. The lowest BCUT2D eigenvalue weighted by Gasteiger charge is -2.10. The molecule has 0 heterocycles. The molecule has 0 fully saturated rings. The molecule has 0 unspecified atom stereocenters. The van der Waals surface area contributed by atoms with Crippen LogP contribution < -0.4 is 21.1 Å². The lowest BCUT2D eigenvalue weighted by Crippen LogP contribution is -2.16. The number of rotatable bonds is 8. The summed E-state index contributed by atoms with van der Waals surface area (Å²) in [7, 11) is 0. The maximum atomic E-state index is 12.7. The molecule has 0 saturated carbocycles. The van der Waals surface area contributed by atoms with Gasteiger partial charge in [-0.2, -0.15) is 0 Å². The van der Waals surface area contributed by atoms with Gasteiger partial charge in [0.15, 0.2) is 0 Å². The highest BCUT2D eigenvalue weighted by Crippen LogP contribution is 2.23. The number of para-hydroxylation sites is 2. The number of carbonyl (C=O) groups is 2. The van der Waals surface area contributed by atoms with Crippen LogP contribution in [0.3, 0.4) is 0 Å². The minimum Gasteiger partial charge on any atom is -0.398 e. The van der Waals surface area contributed by atoms with Gasteiger partial charge in [-0.25, -0.2) is 0 Å². The van der Waals surface area contributed by atoms with E-state index in [0.717, 1.165) is 16.1 Å². The van der Waals surface area contributed by atoms with Gasteiger partial charge in [0, 0.05) is 33.2 Å². The third-order valence-electron chi connectivity index (χ3n) is 4.99. The normalized spacial score (nSPS) is 10.4. The third kappa shape index (κ3) is 6.40. The van der Waals surface area contributed by atoms with Crippen molar-refractivity contribution in [3.8, 4) is 0 Å². The second-order valence-electron chi connectivity index (χ2n) is 7.55. The van der Waals surface area contributed by atoms with Crippen molar-refractivity contribution in [2.45, 2.75) is 11.3 Å². The van der Waals surface area contributed by atoms with Gasteiger partial charge in [0.1, 0.15) is 0 Å². The first-order valence-electron chi connectivity index (χ1n) is 10.7. The summed E-state index contributed by atoms with van der Waals surface area (Å²) in [6.07, 6.45) is 0.159. The van der Waals surface area contributed by atoms with Crippen LogP contribution in [0.5, 0.6) is 0 Å². The van der Waals surface area contributed by atoms with E-state index in [1.807, 2.05) is 72.8 Å². The van der Waals surface area contributed by atoms with Gasteiger partial charge < -0.3 is 21.1 Å². The molecule has 0 bridgehead atoms. The Morgan fingerprint density at radius 1 is 0.706 bits per heavy atom. The minimum absolute atomic E-state index is 0.159. The topological polar surface area (TPSA) is 96.2 Å². The number of anilines is 4. The van der Waals surface area contributed by atoms with E-state index in [1.54, 1.807) is 30.3 Å². The van der Waals surface area contributed by atoms with E-state index in [2.05, 4.69) is 15.4 Å². The Balaban J connectivity index is 1.33. The van der Waals surface area contributed by atoms with Crippen molar-refractivity contribution in [2.75, 3.05) is 21.1 Å². The smallest absolute Gasteiger partial charge is 0.255 e. The second-order valence-corrected chi connectivity index (χ2v) is 8.43. The maximum absolute atomic E-state index is 12.7. The predicted octanol–water partition coefficient (Wildman–Crippen LogP) is 5.82. The van der Waals surface area contributed by atoms with Gasteiger partial charge in [0.25, 0.3) is 5.91 Å². The van der Waals surface area contributed by atoms with Crippen molar-refractivity contribution < 1.29 is 9.59 Å². The van der Waals surface area contributed by atoms with Crippen molar-refractivity contribution in [2.24, 2.45) is 0 Å². The Morgan fingerprint density at radius 2 is 1.41 bits per heavy atom. The average Bonchev–Trinajstić information content (AvgIpc) is 2.86. The molecule has 4 aromatic rings. The standard InChI is InChI=1S/C27H24N4O2S/c28-25-12-5-4-7-19(25)18-26(32)29-23-11-6-8-20(17-23)27(33)30-21-13-15-24(16-14-21)34-31-22-9-2-1-3-10-22/h1-17,31H,18,28H2,(H,29,32)(H,30,33). The van der Waals surface area contributed by atoms with Gasteiger partial charge in [-0.1, -0.05) is 42.5 Å². The zero-order chi connectivity index (χ0) is 23.8. The molecular formula is C27H24N4O2S. The van der Waals surface area contributed by atoms with Crippen LogP contribution in [0.1, 0.15) is 15.9 Å². The number of benzene rings is 4. The fourth-order valence-electron chi connectivity index (χ4n) is 3.25. The summed E-state index contributed by atoms with van der Waals surface area (Å²) in [6.45, 7) is 0. The lowest BCUT2D eigenvalue weighted by molar-refractivity contribution is -0.115. The number of amides is 2. The summed E-state index contributed by atoms with van der Waals surface area (Å²) in [5.41, 5.74) is 9.94. The number of nitrogens with two attached hydrogens (primary N) is 1. The molecule has 34 heavy (non-hydrogen) atoms. The van der Waals surface area contributed by atoms with Gasteiger partial charge >= 0.3 is 0 Å². The molecule has 5 N–H and O–H groups in total. The minimum atomic E-state index is -0.258. The van der Waals surface area contributed by atoms with Crippen LogP contribution in [0.15, 0.2) is 108 Å². The van der Waals surface area contributed by atoms with Gasteiger partial charge in [-0.3, -0.25) is 9.59 Å². The summed E-state index contributed by atoms with van der Waals surface area (Å²) < 4.78 is 3.27. The molecule has 0 spiro atoms. The highest BCUT2D eigenvalue weighted by Gasteiger charge is 2.10. The lowest BCUT2D eigenvalue weighted by atomic mass is 10.1. The Morgan fingerprint density at radius 3 is 2.18 bits per heavy atom. The zero-order valence-corrected chi connectivity index (χ0v) is 19.1. The summed E-state index contributed by atoms with van der Waals surface area (Å²) in [5, 5.41) is 5.72. The number of hydrogen-bond acceptors (Lipinski definition) is 5. The third-order valence-corrected chi connectivity index (χ3v) is 5.83. The fraction of sp³-hybridized carbons (Fsp3) is 0.0370. The summed E-state index contributed by atoms with van der Waals surface area (Å²) in [5.74, 6) is -0.459. The van der Waals surface area contributed by atoms with Crippen LogP contribution >= 0.6 is 11.9 Å². The molecule has 2 amide bonds. The highest BCUT2D eigenvalue weighted by molar-refractivity contribution is 8.00. The van der Waals surface area contributed by atoms with Gasteiger partial charge in [-0.15, -0.1) is 0 Å². The second kappa shape index (κ2) is 11.1. The number of nitrogens with one attached hydrogen (secondary N) is 3. The van der Waals surface area contributed by atoms with Crippen LogP contribution in [-0.4, -0.2) is 11.8 Å². The largest absolute Gasteiger partial charge is 0.398 e. The van der Waals surface area contributed by atoms with E-state index in [1.165, 1.54) is 11.9 Å². The van der Waals surface area contributed by atoms with Crippen LogP contribution in [0.25, 0.3) is 0 Å². The number of hydrogen-bond donors (Lipinski definition) is 4. The van der Waals surface area contributed by atoms with Crippen LogP contribution in [0, 0.1) is 0 Å². The molecule has 0 atom stereocenters. The molecule has 4 aromatic carbocycles. The van der Waals surface area contributed by atoms with E-state index < -0.39 is 0 Å². The molecule has 0 saturated heterocycles. The molecule has 0 aliphatic heterocycles. The Bertz CT molecular complexity index is 1280. The molecule has 0 aromatic heterocycles. The average molecular weight is 469 g/mol. The van der Waals surface area contributed by atoms with E-state index in [0.29, 0.717) is 22.6 Å². The SMILES string of the molecule is Nc1ccccc1CC(=O)Nc1cccc(C(=O)Nc2ccc(SNc3ccccc3)cc2)c1. The molecule has 4 rings (SSSR count). The highest BCUT2D eigenvalue weighted by atomic mass is 32.2. The first-order valence-corrected chi connectivity index (χ1v) is 11.5. The molecular weight excluding hydrogens is 444 g/mol. The summed E-state index contributed by atoms with van der Waals surface area (Å²) in [6, 6.07) is 31.6. The molecule has 0 aliphatic rings. The van der Waals surface area contributed by atoms with E-state index in [-0.39, 0.29) is 18.2 Å². The Labute approximate surface area is 202 Å². The van der Waals surface area contributed by atoms with Gasteiger partial charge in [0.2, 0.25) is 5.91 Å². The van der Waals surface area contributed by atoms with E-state index in [9.17, 15) is 9.59 Å². The Kier molecular flexibility index (Phi) is 7.47. The van der Waals surface area contributed by atoms with E-state index in [4.69, 9.17) is 5.73 Å². The quantitative estimate of drug-likeness (QED) is 0.193. The fourth-order valence-corrected chi connectivity index (χ4v) is 3.89. The molecule has 7 heteroatoms. The van der Waals surface area contributed by atoms with Crippen molar-refractivity contribution in [1.82, 2.24) is 0 Å². The van der Waals surface area contributed by atoms with E-state index >= 15 is 0 Å².